The molecule has 0 aromatic heterocycles. The molecule has 12 heteroatoms. The molecule has 0 saturated heterocycles. The SMILES string of the molecule is Cc1ccc(S(=O)(=O)Nc2cc(C(=O)NCC(O)CO)cc(C(=O)NCC(O)CO)c2)cc1. The average molecular weight is 482 g/mol. The van der Waals surface area contributed by atoms with E-state index in [1.807, 2.05) is 0 Å². The molecule has 2 rings (SSSR count). The number of sulfonamides is 1. The van der Waals surface area contributed by atoms with E-state index in [9.17, 15) is 28.2 Å². The number of aryl methyl sites for hydroxylation is 1. The van der Waals surface area contributed by atoms with E-state index < -0.39 is 47.3 Å². The number of carbonyl (C=O) groups excluding carboxylic acids is 2. The Labute approximate surface area is 191 Å². The van der Waals surface area contributed by atoms with E-state index in [-0.39, 0.29) is 34.8 Å². The van der Waals surface area contributed by atoms with E-state index in [1.165, 1.54) is 30.3 Å². The van der Waals surface area contributed by atoms with Gasteiger partial charge in [-0.05, 0) is 37.3 Å². The Bertz CT molecular complexity index is 1030. The van der Waals surface area contributed by atoms with Crippen LogP contribution in [0.25, 0.3) is 0 Å². The van der Waals surface area contributed by atoms with Crippen LogP contribution in [0.3, 0.4) is 0 Å². The van der Waals surface area contributed by atoms with Crippen LogP contribution in [0.2, 0.25) is 0 Å². The lowest BCUT2D eigenvalue weighted by atomic mass is 10.1. The number of benzene rings is 2. The fourth-order valence-corrected chi connectivity index (χ4v) is 3.67. The Morgan fingerprint density at radius 1 is 0.848 bits per heavy atom. The van der Waals surface area contributed by atoms with Gasteiger partial charge in [0.05, 0.1) is 36.0 Å². The van der Waals surface area contributed by atoms with E-state index >= 15 is 0 Å². The van der Waals surface area contributed by atoms with Crippen LogP contribution < -0.4 is 15.4 Å². The van der Waals surface area contributed by atoms with Crippen molar-refractivity contribution in [3.8, 4) is 0 Å². The number of amides is 2. The van der Waals surface area contributed by atoms with Gasteiger partial charge in [-0.3, -0.25) is 14.3 Å². The molecule has 0 fully saturated rings. The van der Waals surface area contributed by atoms with Crippen molar-refractivity contribution in [3.63, 3.8) is 0 Å². The highest BCUT2D eigenvalue weighted by molar-refractivity contribution is 7.92. The molecule has 2 aromatic rings. The molecule has 0 saturated carbocycles. The van der Waals surface area contributed by atoms with Crippen LogP contribution in [0.15, 0.2) is 47.4 Å². The number of hydrogen-bond acceptors (Lipinski definition) is 8. The van der Waals surface area contributed by atoms with Crippen LogP contribution in [0, 0.1) is 6.92 Å². The largest absolute Gasteiger partial charge is 0.394 e. The molecule has 2 atom stereocenters. The zero-order valence-corrected chi connectivity index (χ0v) is 18.7. The standard InChI is InChI=1S/C21H27N3O8S/c1-13-2-4-19(5-3-13)33(31,32)24-16-7-14(20(29)22-9-17(27)11-25)6-15(8-16)21(30)23-10-18(28)12-26/h2-8,17-18,24-28H,9-12H2,1H3,(H,22,29)(H,23,30). The number of anilines is 1. The normalized spacial score (nSPS) is 13.1. The first-order chi connectivity index (χ1) is 15.6. The van der Waals surface area contributed by atoms with Crippen molar-refractivity contribution in [1.82, 2.24) is 10.6 Å². The third-order valence-electron chi connectivity index (χ3n) is 4.46. The average Bonchev–Trinajstić information content (AvgIpc) is 2.80. The predicted octanol–water partition coefficient (Wildman–Crippen LogP) is -1.04. The summed E-state index contributed by atoms with van der Waals surface area (Å²) >= 11 is 0. The van der Waals surface area contributed by atoms with Crippen LogP contribution in [0.4, 0.5) is 5.69 Å². The summed E-state index contributed by atoms with van der Waals surface area (Å²) in [5.41, 5.74) is 0.620. The first-order valence-electron chi connectivity index (χ1n) is 9.94. The van der Waals surface area contributed by atoms with Crippen molar-refractivity contribution in [2.45, 2.75) is 24.0 Å². The summed E-state index contributed by atoms with van der Waals surface area (Å²) < 4.78 is 27.8. The maximum Gasteiger partial charge on any atom is 0.261 e. The number of nitrogens with one attached hydrogen (secondary N) is 3. The number of aliphatic hydroxyl groups excluding tert-OH is 4. The Kier molecular flexibility index (Phi) is 9.32. The van der Waals surface area contributed by atoms with Gasteiger partial charge in [-0.15, -0.1) is 0 Å². The second-order valence-electron chi connectivity index (χ2n) is 7.31. The fraction of sp³-hybridized carbons (Fsp3) is 0.333. The molecule has 0 heterocycles. The maximum absolute atomic E-state index is 12.7. The summed E-state index contributed by atoms with van der Waals surface area (Å²) in [6.07, 6.45) is -2.39. The smallest absolute Gasteiger partial charge is 0.261 e. The zero-order valence-electron chi connectivity index (χ0n) is 17.9. The zero-order chi connectivity index (χ0) is 24.6. The van der Waals surface area contributed by atoms with Gasteiger partial charge in [0.1, 0.15) is 0 Å². The van der Waals surface area contributed by atoms with Gasteiger partial charge < -0.3 is 31.1 Å². The second kappa shape index (κ2) is 11.7. The highest BCUT2D eigenvalue weighted by atomic mass is 32.2. The lowest BCUT2D eigenvalue weighted by molar-refractivity contribution is 0.0800. The van der Waals surface area contributed by atoms with Crippen molar-refractivity contribution in [2.75, 3.05) is 31.0 Å². The lowest BCUT2D eigenvalue weighted by Gasteiger charge is -2.14. The van der Waals surface area contributed by atoms with Crippen molar-refractivity contribution in [2.24, 2.45) is 0 Å². The summed E-state index contributed by atoms with van der Waals surface area (Å²) in [5.74, 6) is -1.44. The van der Waals surface area contributed by atoms with Crippen LogP contribution in [0.5, 0.6) is 0 Å². The van der Waals surface area contributed by atoms with E-state index in [0.29, 0.717) is 0 Å². The Hall–Kier alpha value is -3.03. The van der Waals surface area contributed by atoms with Crippen molar-refractivity contribution >= 4 is 27.5 Å². The predicted molar refractivity (Wildman–Crippen MR) is 119 cm³/mol. The number of rotatable bonds is 11. The van der Waals surface area contributed by atoms with E-state index in [4.69, 9.17) is 10.2 Å². The van der Waals surface area contributed by atoms with Crippen molar-refractivity contribution in [3.05, 3.63) is 59.2 Å². The fourth-order valence-electron chi connectivity index (χ4n) is 2.63. The van der Waals surface area contributed by atoms with Gasteiger partial charge in [0.25, 0.3) is 21.8 Å². The van der Waals surface area contributed by atoms with E-state index in [1.54, 1.807) is 19.1 Å². The second-order valence-corrected chi connectivity index (χ2v) is 8.99. The summed E-state index contributed by atoms with van der Waals surface area (Å²) in [6.45, 7) is 0.130. The van der Waals surface area contributed by atoms with Gasteiger partial charge in [-0.2, -0.15) is 0 Å². The van der Waals surface area contributed by atoms with Gasteiger partial charge in [-0.25, -0.2) is 8.42 Å². The molecular formula is C21H27N3O8S. The molecule has 33 heavy (non-hydrogen) atoms. The van der Waals surface area contributed by atoms with Gasteiger partial charge in [0, 0.05) is 24.2 Å². The highest BCUT2D eigenvalue weighted by Gasteiger charge is 2.19. The van der Waals surface area contributed by atoms with Crippen molar-refractivity contribution in [1.29, 1.82) is 0 Å². The van der Waals surface area contributed by atoms with Crippen LogP contribution in [-0.4, -0.2) is 79.2 Å². The molecule has 2 unspecified atom stereocenters. The molecule has 2 aromatic carbocycles. The first-order valence-corrected chi connectivity index (χ1v) is 11.4. The Balaban J connectivity index is 2.36. The van der Waals surface area contributed by atoms with Gasteiger partial charge in [-0.1, -0.05) is 17.7 Å². The minimum absolute atomic E-state index is 0.0221. The molecule has 2 amide bonds. The molecule has 0 radical (unpaired) electrons. The maximum atomic E-state index is 12.7. The molecule has 0 aliphatic carbocycles. The highest BCUT2D eigenvalue weighted by Crippen LogP contribution is 2.20. The van der Waals surface area contributed by atoms with E-state index in [0.717, 1.165) is 5.56 Å². The Morgan fingerprint density at radius 2 is 1.30 bits per heavy atom. The molecule has 0 aliphatic rings. The quantitative estimate of drug-likeness (QED) is 0.212. The monoisotopic (exact) mass is 481 g/mol. The third-order valence-corrected chi connectivity index (χ3v) is 5.86. The summed E-state index contributed by atoms with van der Waals surface area (Å²) in [4.78, 5) is 25.0. The number of hydrogen-bond donors (Lipinski definition) is 7. The van der Waals surface area contributed by atoms with Crippen LogP contribution in [0.1, 0.15) is 26.3 Å². The summed E-state index contributed by atoms with van der Waals surface area (Å²) in [5, 5.41) is 41.4. The summed E-state index contributed by atoms with van der Waals surface area (Å²) in [7, 11) is -4.03. The molecular weight excluding hydrogens is 454 g/mol. The number of aliphatic hydroxyl groups is 4. The molecule has 7 N–H and O–H groups in total. The molecule has 11 nitrogen and oxygen atoms in total. The van der Waals surface area contributed by atoms with Gasteiger partial charge in [0.2, 0.25) is 0 Å². The summed E-state index contributed by atoms with van der Waals surface area (Å²) in [6, 6.07) is 9.69. The molecule has 0 bridgehead atoms. The van der Waals surface area contributed by atoms with Crippen LogP contribution >= 0.6 is 0 Å². The molecule has 180 valence electrons. The Morgan fingerprint density at radius 3 is 1.73 bits per heavy atom. The van der Waals surface area contributed by atoms with E-state index in [2.05, 4.69) is 15.4 Å². The molecule has 0 aliphatic heterocycles. The number of carbonyl (C=O) groups is 2. The molecule has 0 spiro atoms. The van der Waals surface area contributed by atoms with Crippen LogP contribution in [-0.2, 0) is 10.0 Å². The minimum atomic E-state index is -4.03. The topological polar surface area (TPSA) is 185 Å². The first kappa shape index (κ1) is 26.2. The van der Waals surface area contributed by atoms with Gasteiger partial charge in [0.15, 0.2) is 0 Å². The minimum Gasteiger partial charge on any atom is -0.394 e. The lowest BCUT2D eigenvalue weighted by Crippen LogP contribution is -2.35. The third kappa shape index (κ3) is 7.80. The van der Waals surface area contributed by atoms with Gasteiger partial charge >= 0.3 is 0 Å². The van der Waals surface area contributed by atoms with Crippen molar-refractivity contribution < 1.29 is 38.4 Å².